The number of aryl methyl sites for hydroxylation is 1. The first-order chi connectivity index (χ1) is 6.56. The summed E-state index contributed by atoms with van der Waals surface area (Å²) in [4.78, 5) is 0. The SMILES string of the molecule is Cc1c(CC(C)C)c(CCN)nn1C. The minimum atomic E-state index is 0.675. The molecule has 0 aliphatic rings. The lowest BCUT2D eigenvalue weighted by atomic mass is 10.00. The van der Waals surface area contributed by atoms with Crippen LogP contribution in [0.2, 0.25) is 0 Å². The Morgan fingerprint density at radius 1 is 1.43 bits per heavy atom. The predicted octanol–water partition coefficient (Wildman–Crippen LogP) is 1.43. The topological polar surface area (TPSA) is 43.8 Å². The molecule has 3 heteroatoms. The Labute approximate surface area is 86.3 Å². The van der Waals surface area contributed by atoms with E-state index in [9.17, 15) is 0 Å². The number of rotatable bonds is 4. The van der Waals surface area contributed by atoms with E-state index in [1.54, 1.807) is 0 Å². The van der Waals surface area contributed by atoms with Gasteiger partial charge < -0.3 is 5.73 Å². The molecular formula is C11H21N3. The number of hydrogen-bond acceptors (Lipinski definition) is 2. The van der Waals surface area contributed by atoms with Crippen molar-refractivity contribution in [2.75, 3.05) is 6.54 Å². The summed E-state index contributed by atoms with van der Waals surface area (Å²) < 4.78 is 1.96. The van der Waals surface area contributed by atoms with E-state index in [1.807, 2.05) is 11.7 Å². The third-order valence-corrected chi connectivity index (χ3v) is 2.53. The monoisotopic (exact) mass is 195 g/mol. The molecule has 0 saturated carbocycles. The molecule has 14 heavy (non-hydrogen) atoms. The zero-order chi connectivity index (χ0) is 10.7. The molecule has 0 unspecified atom stereocenters. The molecule has 0 aliphatic heterocycles. The van der Waals surface area contributed by atoms with Crippen LogP contribution >= 0.6 is 0 Å². The van der Waals surface area contributed by atoms with E-state index < -0.39 is 0 Å². The van der Waals surface area contributed by atoms with E-state index >= 15 is 0 Å². The molecule has 1 heterocycles. The molecule has 0 spiro atoms. The van der Waals surface area contributed by atoms with Gasteiger partial charge in [-0.1, -0.05) is 13.8 Å². The quantitative estimate of drug-likeness (QED) is 0.790. The highest BCUT2D eigenvalue weighted by molar-refractivity contribution is 5.26. The van der Waals surface area contributed by atoms with Gasteiger partial charge in [-0.2, -0.15) is 5.10 Å². The summed E-state index contributed by atoms with van der Waals surface area (Å²) in [6.07, 6.45) is 2.00. The van der Waals surface area contributed by atoms with Crippen LogP contribution in [-0.4, -0.2) is 16.3 Å². The second-order valence-electron chi connectivity index (χ2n) is 4.27. The summed E-state index contributed by atoms with van der Waals surface area (Å²) in [7, 11) is 2.00. The molecule has 0 bridgehead atoms. The van der Waals surface area contributed by atoms with Gasteiger partial charge in [0.05, 0.1) is 5.69 Å². The van der Waals surface area contributed by atoms with Crippen LogP contribution < -0.4 is 5.73 Å². The lowest BCUT2D eigenvalue weighted by Crippen LogP contribution is -2.06. The molecule has 0 amide bonds. The summed E-state index contributed by atoms with van der Waals surface area (Å²) in [6, 6.07) is 0. The molecule has 0 aromatic carbocycles. The van der Waals surface area contributed by atoms with Crippen LogP contribution in [0.25, 0.3) is 0 Å². The van der Waals surface area contributed by atoms with Gasteiger partial charge in [0.25, 0.3) is 0 Å². The van der Waals surface area contributed by atoms with Gasteiger partial charge in [0.1, 0.15) is 0 Å². The first-order valence-electron chi connectivity index (χ1n) is 5.27. The molecule has 80 valence electrons. The van der Waals surface area contributed by atoms with E-state index in [4.69, 9.17) is 5.73 Å². The molecule has 1 rings (SSSR count). The fraction of sp³-hybridized carbons (Fsp3) is 0.727. The van der Waals surface area contributed by atoms with Gasteiger partial charge in [0.2, 0.25) is 0 Å². The van der Waals surface area contributed by atoms with Crippen molar-refractivity contribution >= 4 is 0 Å². The van der Waals surface area contributed by atoms with E-state index in [-0.39, 0.29) is 0 Å². The van der Waals surface area contributed by atoms with Crippen LogP contribution in [0.3, 0.4) is 0 Å². The maximum atomic E-state index is 5.57. The number of nitrogens with two attached hydrogens (primary N) is 1. The van der Waals surface area contributed by atoms with Crippen molar-refractivity contribution in [3.05, 3.63) is 17.0 Å². The minimum absolute atomic E-state index is 0.675. The normalized spacial score (nSPS) is 11.3. The lowest BCUT2D eigenvalue weighted by molar-refractivity contribution is 0.639. The third-order valence-electron chi connectivity index (χ3n) is 2.53. The average molecular weight is 195 g/mol. The van der Waals surface area contributed by atoms with E-state index in [0.717, 1.165) is 12.8 Å². The van der Waals surface area contributed by atoms with Crippen LogP contribution in [0.1, 0.15) is 30.8 Å². The predicted molar refractivity (Wildman–Crippen MR) is 59.2 cm³/mol. The number of hydrogen-bond donors (Lipinski definition) is 1. The summed E-state index contributed by atoms with van der Waals surface area (Å²) in [5.41, 5.74) is 9.43. The Morgan fingerprint density at radius 3 is 2.57 bits per heavy atom. The van der Waals surface area contributed by atoms with Gasteiger partial charge in [0.15, 0.2) is 0 Å². The first kappa shape index (κ1) is 11.2. The zero-order valence-corrected chi connectivity index (χ0v) is 9.67. The summed E-state index contributed by atoms with van der Waals surface area (Å²) in [6.45, 7) is 7.28. The summed E-state index contributed by atoms with van der Waals surface area (Å²) >= 11 is 0. The molecule has 0 fully saturated rings. The van der Waals surface area contributed by atoms with Crippen molar-refractivity contribution in [2.24, 2.45) is 18.7 Å². The van der Waals surface area contributed by atoms with Gasteiger partial charge in [-0.15, -0.1) is 0 Å². The second-order valence-corrected chi connectivity index (χ2v) is 4.27. The molecule has 1 aromatic heterocycles. The third kappa shape index (κ3) is 2.35. The van der Waals surface area contributed by atoms with Crippen molar-refractivity contribution in [3.63, 3.8) is 0 Å². The standard InChI is InChI=1S/C11H21N3/c1-8(2)7-10-9(3)14(4)13-11(10)5-6-12/h8H,5-7,12H2,1-4H3. The fourth-order valence-electron chi connectivity index (χ4n) is 1.73. The molecule has 3 nitrogen and oxygen atoms in total. The largest absolute Gasteiger partial charge is 0.330 e. The Balaban J connectivity index is 2.97. The van der Waals surface area contributed by atoms with E-state index in [0.29, 0.717) is 12.5 Å². The number of nitrogens with zero attached hydrogens (tertiary/aromatic N) is 2. The summed E-state index contributed by atoms with van der Waals surface area (Å²) in [5.74, 6) is 0.675. The van der Waals surface area contributed by atoms with Crippen LogP contribution in [0.15, 0.2) is 0 Å². The molecule has 1 aromatic rings. The fourth-order valence-corrected chi connectivity index (χ4v) is 1.73. The van der Waals surface area contributed by atoms with Gasteiger partial charge in [-0.25, -0.2) is 0 Å². The van der Waals surface area contributed by atoms with E-state index in [2.05, 4.69) is 25.9 Å². The summed E-state index contributed by atoms with van der Waals surface area (Å²) in [5, 5.41) is 4.49. The molecule has 0 aliphatic carbocycles. The highest BCUT2D eigenvalue weighted by Gasteiger charge is 2.12. The smallest absolute Gasteiger partial charge is 0.0671 e. The van der Waals surface area contributed by atoms with Crippen molar-refractivity contribution < 1.29 is 0 Å². The Kier molecular flexibility index (Phi) is 3.69. The lowest BCUT2D eigenvalue weighted by Gasteiger charge is -2.06. The second kappa shape index (κ2) is 4.60. The maximum Gasteiger partial charge on any atom is 0.0671 e. The van der Waals surface area contributed by atoms with Gasteiger partial charge in [-0.3, -0.25) is 4.68 Å². The molecule has 0 atom stereocenters. The Hall–Kier alpha value is -0.830. The molecule has 0 radical (unpaired) electrons. The van der Waals surface area contributed by atoms with Crippen molar-refractivity contribution in [3.8, 4) is 0 Å². The van der Waals surface area contributed by atoms with Gasteiger partial charge in [-0.05, 0) is 31.4 Å². The van der Waals surface area contributed by atoms with Crippen molar-refractivity contribution in [1.82, 2.24) is 9.78 Å². The number of aromatic nitrogens is 2. The highest BCUT2D eigenvalue weighted by atomic mass is 15.3. The van der Waals surface area contributed by atoms with Crippen LogP contribution in [0.4, 0.5) is 0 Å². The highest BCUT2D eigenvalue weighted by Crippen LogP contribution is 2.17. The average Bonchev–Trinajstić information content (AvgIpc) is 2.33. The van der Waals surface area contributed by atoms with Gasteiger partial charge in [0, 0.05) is 19.2 Å². The van der Waals surface area contributed by atoms with Crippen molar-refractivity contribution in [1.29, 1.82) is 0 Å². The minimum Gasteiger partial charge on any atom is -0.330 e. The van der Waals surface area contributed by atoms with Crippen molar-refractivity contribution in [2.45, 2.75) is 33.6 Å². The molecule has 2 N–H and O–H groups in total. The molecule has 0 saturated heterocycles. The maximum absolute atomic E-state index is 5.57. The molecular weight excluding hydrogens is 174 g/mol. The van der Waals surface area contributed by atoms with Crippen LogP contribution in [-0.2, 0) is 19.9 Å². The Morgan fingerprint density at radius 2 is 2.07 bits per heavy atom. The van der Waals surface area contributed by atoms with Gasteiger partial charge >= 0.3 is 0 Å². The Bertz CT molecular complexity index is 300. The zero-order valence-electron chi connectivity index (χ0n) is 9.67. The van der Waals surface area contributed by atoms with Crippen LogP contribution in [0.5, 0.6) is 0 Å². The first-order valence-corrected chi connectivity index (χ1v) is 5.27. The van der Waals surface area contributed by atoms with Crippen LogP contribution in [0, 0.1) is 12.8 Å². The van der Waals surface area contributed by atoms with E-state index in [1.165, 1.54) is 17.0 Å².